The Hall–Kier alpha value is -1.87. The summed E-state index contributed by atoms with van der Waals surface area (Å²) >= 11 is 5.80. The molecular formula is C14H12ClNO2. The number of methoxy groups -OCH3 is 1. The van der Waals surface area contributed by atoms with Gasteiger partial charge >= 0.3 is 0 Å². The number of ether oxygens (including phenoxy) is 1. The second-order valence-electron chi connectivity index (χ2n) is 3.79. The molecule has 0 fully saturated rings. The Morgan fingerprint density at radius 1 is 1.28 bits per heavy atom. The Labute approximate surface area is 110 Å². The lowest BCUT2D eigenvalue weighted by atomic mass is 10.0. The normalized spacial score (nSPS) is 10.1. The van der Waals surface area contributed by atoms with E-state index in [1.165, 1.54) is 7.11 Å². The number of halogens is 1. The van der Waals surface area contributed by atoms with Gasteiger partial charge in [-0.15, -0.1) is 0 Å². The Kier molecular flexibility index (Phi) is 3.95. The number of pyridine rings is 1. The average Bonchev–Trinajstić information content (AvgIpc) is 2.41. The molecule has 92 valence electrons. The predicted octanol–water partition coefficient (Wildman–Crippen LogP) is 3.17. The van der Waals surface area contributed by atoms with Gasteiger partial charge in [0.05, 0.1) is 12.7 Å². The van der Waals surface area contributed by atoms with Crippen LogP contribution in [0.4, 0.5) is 0 Å². The summed E-state index contributed by atoms with van der Waals surface area (Å²) in [6.45, 7) is 0. The van der Waals surface area contributed by atoms with Gasteiger partial charge in [-0.3, -0.25) is 4.79 Å². The maximum Gasteiger partial charge on any atom is 0.224 e. The van der Waals surface area contributed by atoms with Crippen LogP contribution >= 0.6 is 11.6 Å². The van der Waals surface area contributed by atoms with Crippen LogP contribution < -0.4 is 4.74 Å². The molecule has 0 aliphatic carbocycles. The first-order chi connectivity index (χ1) is 8.70. The van der Waals surface area contributed by atoms with Gasteiger partial charge < -0.3 is 4.74 Å². The van der Waals surface area contributed by atoms with Crippen molar-refractivity contribution >= 4 is 17.4 Å². The van der Waals surface area contributed by atoms with E-state index in [0.29, 0.717) is 22.9 Å². The molecule has 1 aromatic heterocycles. The number of benzene rings is 1. The molecule has 3 nitrogen and oxygen atoms in total. The number of hydrogen-bond acceptors (Lipinski definition) is 3. The van der Waals surface area contributed by atoms with Crippen LogP contribution in [0, 0.1) is 0 Å². The maximum absolute atomic E-state index is 12.1. The first kappa shape index (κ1) is 12.6. The molecular weight excluding hydrogens is 250 g/mol. The minimum Gasteiger partial charge on any atom is -0.480 e. The lowest BCUT2D eigenvalue weighted by Crippen LogP contribution is -2.06. The summed E-state index contributed by atoms with van der Waals surface area (Å²) in [5.41, 5.74) is 1.41. The smallest absolute Gasteiger partial charge is 0.224 e. The highest BCUT2D eigenvalue weighted by Crippen LogP contribution is 2.17. The number of rotatable bonds is 4. The van der Waals surface area contributed by atoms with Crippen molar-refractivity contribution in [1.29, 1.82) is 0 Å². The van der Waals surface area contributed by atoms with E-state index < -0.39 is 0 Å². The maximum atomic E-state index is 12.1. The van der Waals surface area contributed by atoms with Crippen molar-refractivity contribution in [3.63, 3.8) is 0 Å². The van der Waals surface area contributed by atoms with E-state index >= 15 is 0 Å². The van der Waals surface area contributed by atoms with Gasteiger partial charge in [0.15, 0.2) is 5.78 Å². The minimum absolute atomic E-state index is 0.0257. The Balaban J connectivity index is 2.19. The van der Waals surface area contributed by atoms with Gasteiger partial charge in [-0.1, -0.05) is 23.7 Å². The third-order valence-electron chi connectivity index (χ3n) is 2.54. The summed E-state index contributed by atoms with van der Waals surface area (Å²) in [7, 11) is 1.50. The fraction of sp³-hybridized carbons (Fsp3) is 0.143. The van der Waals surface area contributed by atoms with Gasteiger partial charge in [-0.2, -0.15) is 0 Å². The van der Waals surface area contributed by atoms with Crippen LogP contribution in [0.1, 0.15) is 15.9 Å². The van der Waals surface area contributed by atoms with Crippen LogP contribution in [-0.4, -0.2) is 17.9 Å². The quantitative estimate of drug-likeness (QED) is 0.794. The molecule has 0 radical (unpaired) electrons. The van der Waals surface area contributed by atoms with Gasteiger partial charge in [0.1, 0.15) is 0 Å². The Bertz CT molecular complexity index is 552. The summed E-state index contributed by atoms with van der Waals surface area (Å²) in [6, 6.07) is 10.6. The summed E-state index contributed by atoms with van der Waals surface area (Å²) in [5, 5.41) is 0.658. The fourth-order valence-corrected chi connectivity index (χ4v) is 1.77. The van der Waals surface area contributed by atoms with E-state index in [4.69, 9.17) is 16.3 Å². The molecule has 0 saturated heterocycles. The van der Waals surface area contributed by atoms with Crippen LogP contribution in [-0.2, 0) is 6.42 Å². The SMILES string of the molecule is COc1ncccc1C(=O)Cc1ccc(Cl)cc1. The second-order valence-corrected chi connectivity index (χ2v) is 4.22. The zero-order chi connectivity index (χ0) is 13.0. The molecule has 0 bridgehead atoms. The van der Waals surface area contributed by atoms with E-state index in [2.05, 4.69) is 4.98 Å². The van der Waals surface area contributed by atoms with Crippen molar-refractivity contribution in [2.75, 3.05) is 7.11 Å². The largest absolute Gasteiger partial charge is 0.480 e. The number of aromatic nitrogens is 1. The third-order valence-corrected chi connectivity index (χ3v) is 2.79. The zero-order valence-electron chi connectivity index (χ0n) is 9.89. The highest BCUT2D eigenvalue weighted by molar-refractivity contribution is 6.30. The summed E-state index contributed by atoms with van der Waals surface area (Å²) in [5.74, 6) is 0.332. The number of ketones is 1. The monoisotopic (exact) mass is 261 g/mol. The first-order valence-corrected chi connectivity index (χ1v) is 5.85. The molecule has 4 heteroatoms. The van der Waals surface area contributed by atoms with E-state index in [9.17, 15) is 4.79 Å². The standard InChI is InChI=1S/C14H12ClNO2/c1-18-14-12(3-2-8-16-14)13(17)9-10-4-6-11(15)7-5-10/h2-8H,9H2,1H3. The summed E-state index contributed by atoms with van der Waals surface area (Å²) < 4.78 is 5.07. The van der Waals surface area contributed by atoms with Crippen LogP contribution in [0.15, 0.2) is 42.6 Å². The highest BCUT2D eigenvalue weighted by Gasteiger charge is 2.13. The van der Waals surface area contributed by atoms with Crippen molar-refractivity contribution in [1.82, 2.24) is 4.98 Å². The van der Waals surface area contributed by atoms with E-state index in [-0.39, 0.29) is 5.78 Å². The van der Waals surface area contributed by atoms with Gasteiger partial charge in [0.25, 0.3) is 0 Å². The molecule has 18 heavy (non-hydrogen) atoms. The van der Waals surface area contributed by atoms with Gasteiger partial charge in [-0.25, -0.2) is 4.98 Å². The molecule has 0 N–H and O–H groups in total. The molecule has 2 rings (SSSR count). The molecule has 0 aliphatic rings. The van der Waals surface area contributed by atoms with Crippen LogP contribution in [0.2, 0.25) is 5.02 Å². The predicted molar refractivity (Wildman–Crippen MR) is 70.3 cm³/mol. The molecule has 0 atom stereocenters. The number of carbonyl (C=O) groups excluding carboxylic acids is 1. The number of hydrogen-bond donors (Lipinski definition) is 0. The second kappa shape index (κ2) is 5.65. The molecule has 1 aromatic carbocycles. The van der Waals surface area contributed by atoms with Crippen LogP contribution in [0.25, 0.3) is 0 Å². The molecule has 0 amide bonds. The Morgan fingerprint density at radius 2 is 2.00 bits per heavy atom. The lowest BCUT2D eigenvalue weighted by molar-refractivity contribution is 0.0989. The molecule has 0 aliphatic heterocycles. The van der Waals surface area contributed by atoms with Gasteiger partial charge in [0.2, 0.25) is 5.88 Å². The van der Waals surface area contributed by atoms with E-state index in [0.717, 1.165) is 5.56 Å². The van der Waals surface area contributed by atoms with E-state index in [1.54, 1.807) is 30.5 Å². The topological polar surface area (TPSA) is 39.2 Å². The number of nitrogens with zero attached hydrogens (tertiary/aromatic N) is 1. The number of carbonyl (C=O) groups is 1. The summed E-state index contributed by atoms with van der Waals surface area (Å²) in [6.07, 6.45) is 1.90. The molecule has 0 spiro atoms. The van der Waals surface area contributed by atoms with Crippen LogP contribution in [0.5, 0.6) is 5.88 Å². The van der Waals surface area contributed by atoms with Crippen molar-refractivity contribution in [2.24, 2.45) is 0 Å². The van der Waals surface area contributed by atoms with Gasteiger partial charge in [0, 0.05) is 17.6 Å². The van der Waals surface area contributed by atoms with Crippen LogP contribution in [0.3, 0.4) is 0 Å². The van der Waals surface area contributed by atoms with Crippen molar-refractivity contribution in [3.8, 4) is 5.88 Å². The molecule has 0 unspecified atom stereocenters. The Morgan fingerprint density at radius 3 is 2.67 bits per heavy atom. The summed E-state index contributed by atoms with van der Waals surface area (Å²) in [4.78, 5) is 16.1. The molecule has 1 heterocycles. The van der Waals surface area contributed by atoms with Crippen molar-refractivity contribution < 1.29 is 9.53 Å². The average molecular weight is 262 g/mol. The van der Waals surface area contributed by atoms with Crippen molar-refractivity contribution in [2.45, 2.75) is 6.42 Å². The van der Waals surface area contributed by atoms with E-state index in [1.807, 2.05) is 12.1 Å². The first-order valence-electron chi connectivity index (χ1n) is 5.47. The highest BCUT2D eigenvalue weighted by atomic mass is 35.5. The molecule has 2 aromatic rings. The third kappa shape index (κ3) is 2.87. The van der Waals surface area contributed by atoms with Crippen molar-refractivity contribution in [3.05, 3.63) is 58.7 Å². The minimum atomic E-state index is -0.0257. The lowest BCUT2D eigenvalue weighted by Gasteiger charge is -2.06. The fourth-order valence-electron chi connectivity index (χ4n) is 1.65. The van der Waals surface area contributed by atoms with Gasteiger partial charge in [-0.05, 0) is 29.8 Å². The number of Topliss-reactive ketones (excluding diaryl/α,β-unsaturated/α-hetero) is 1. The zero-order valence-corrected chi connectivity index (χ0v) is 10.6. The molecule has 0 saturated carbocycles.